The van der Waals surface area contributed by atoms with Crippen molar-refractivity contribution in [2.45, 2.75) is 131 Å². The minimum atomic E-state index is -2.26. The molecule has 1 fully saturated rings. The highest BCUT2D eigenvalue weighted by atomic mass is 16.6. The number of rotatable bonds is 9. The molecule has 0 spiro atoms. The van der Waals surface area contributed by atoms with Crippen molar-refractivity contribution in [3.63, 3.8) is 0 Å². The van der Waals surface area contributed by atoms with E-state index in [1.54, 1.807) is 19.9 Å². The van der Waals surface area contributed by atoms with E-state index in [0.29, 0.717) is 0 Å². The minimum absolute atomic E-state index is 0.0333. The lowest BCUT2D eigenvalue weighted by Gasteiger charge is -2.45. The van der Waals surface area contributed by atoms with Gasteiger partial charge in [-0.2, -0.15) is 0 Å². The molecule has 1 saturated carbocycles. The second kappa shape index (κ2) is 16.3. The summed E-state index contributed by atoms with van der Waals surface area (Å²) >= 11 is 0. The molecule has 0 aromatic rings. The summed E-state index contributed by atoms with van der Waals surface area (Å²) in [6, 6.07) is 0. The first-order chi connectivity index (χ1) is 22.9. The van der Waals surface area contributed by atoms with Gasteiger partial charge in [0.25, 0.3) is 0 Å². The van der Waals surface area contributed by atoms with Crippen LogP contribution >= 0.6 is 0 Å². The van der Waals surface area contributed by atoms with Crippen LogP contribution in [-0.2, 0) is 66.7 Å². The largest absolute Gasteiger partial charge is 0.458 e. The molecule has 280 valence electrons. The van der Waals surface area contributed by atoms with Crippen LogP contribution in [0.3, 0.4) is 0 Å². The van der Waals surface area contributed by atoms with Gasteiger partial charge in [-0.25, -0.2) is 0 Å². The Hall–Kier alpha value is -4.07. The van der Waals surface area contributed by atoms with Crippen molar-refractivity contribution in [1.82, 2.24) is 0 Å². The molecule has 0 amide bonds. The predicted molar refractivity (Wildman–Crippen MR) is 176 cm³/mol. The number of fused-ring (bicyclic) bond motifs is 1. The van der Waals surface area contributed by atoms with Gasteiger partial charge in [0.1, 0.15) is 18.3 Å². The van der Waals surface area contributed by atoms with Gasteiger partial charge < -0.3 is 33.2 Å². The average Bonchev–Trinajstić information content (AvgIpc) is 3.16. The molecule has 0 heterocycles. The first-order valence-electron chi connectivity index (χ1n) is 16.5. The smallest absolute Gasteiger partial charge is 0.303 e. The average molecular weight is 709 g/mol. The van der Waals surface area contributed by atoms with E-state index in [1.807, 2.05) is 13.8 Å². The Bertz CT molecular complexity index is 1390. The Morgan fingerprint density at radius 2 is 1.26 bits per heavy atom. The van der Waals surface area contributed by atoms with E-state index < -0.39 is 107 Å². The highest BCUT2D eigenvalue weighted by molar-refractivity contribution is 5.94. The zero-order valence-electron chi connectivity index (χ0n) is 31.1. The number of hydrogen-bond donors (Lipinski definition) is 0. The number of ketones is 1. The molecule has 0 unspecified atom stereocenters. The molecular formula is C36H52O14. The fourth-order valence-electron chi connectivity index (χ4n) is 6.91. The summed E-state index contributed by atoms with van der Waals surface area (Å²) in [5.74, 6) is -8.40. The molecule has 0 aromatic carbocycles. The second-order valence-electron chi connectivity index (χ2n) is 14.3. The molecule has 0 aromatic heterocycles. The molecule has 2 rings (SSSR count). The molecule has 50 heavy (non-hydrogen) atoms. The van der Waals surface area contributed by atoms with Crippen molar-refractivity contribution < 1.29 is 66.7 Å². The van der Waals surface area contributed by atoms with Gasteiger partial charge in [-0.05, 0) is 18.4 Å². The van der Waals surface area contributed by atoms with Crippen LogP contribution in [0, 0.1) is 23.2 Å². The van der Waals surface area contributed by atoms with Gasteiger partial charge in [0.2, 0.25) is 0 Å². The van der Waals surface area contributed by atoms with Crippen LogP contribution < -0.4 is 0 Å². The maximum Gasteiger partial charge on any atom is 0.303 e. The molecule has 2 aliphatic carbocycles. The zero-order valence-corrected chi connectivity index (χ0v) is 31.1. The summed E-state index contributed by atoms with van der Waals surface area (Å²) in [5, 5.41) is 0. The monoisotopic (exact) mass is 708 g/mol. The van der Waals surface area contributed by atoms with Gasteiger partial charge in [-0.15, -0.1) is 0 Å². The summed E-state index contributed by atoms with van der Waals surface area (Å²) < 4.78 is 41.5. The lowest BCUT2D eigenvalue weighted by Crippen LogP contribution is -2.59. The molecule has 14 heteroatoms. The fourth-order valence-corrected chi connectivity index (χ4v) is 6.91. The Kier molecular flexibility index (Phi) is 13.7. The summed E-state index contributed by atoms with van der Waals surface area (Å²) in [4.78, 5) is 91.3. The van der Waals surface area contributed by atoms with E-state index >= 15 is 0 Å². The number of ether oxygens (including phenoxy) is 7. The normalized spacial score (nSPS) is 33.1. The molecule has 9 atom stereocenters. The quantitative estimate of drug-likeness (QED) is 0.192. The van der Waals surface area contributed by atoms with E-state index in [2.05, 4.69) is 6.58 Å². The standard InChI is InChI=1S/C36H52O14/c1-18(2)16-44-29-20(4)28(45-21(5)37)27-32(47-23(7)39)35(13,49-25(9)41)17-36(27,50-26(10)42)31(43)19(3)14-15-34(11,12)33(48-24(8)40)30(29)46-22(6)38/h14-15,18-19,27-30,32-33H,4,16-17H2,1-3,5-13H3/b15-14+/t19-,27+,28+,29+,30-,32-,33-,35-,36-/m0/s1. The molecule has 0 aliphatic heterocycles. The van der Waals surface area contributed by atoms with Crippen molar-refractivity contribution >= 4 is 41.6 Å². The lowest BCUT2D eigenvalue weighted by atomic mass is 9.72. The minimum Gasteiger partial charge on any atom is -0.458 e. The third-order valence-corrected chi connectivity index (χ3v) is 8.61. The van der Waals surface area contributed by atoms with Crippen molar-refractivity contribution in [1.29, 1.82) is 0 Å². The number of carbonyl (C=O) groups excluding carboxylic acids is 7. The van der Waals surface area contributed by atoms with Gasteiger partial charge in [-0.3, -0.25) is 33.6 Å². The summed E-state index contributed by atoms with van der Waals surface area (Å²) in [6.45, 7) is 21.0. The number of Topliss-reactive ketones (excluding diaryl/α,β-unsaturated/α-hetero) is 1. The van der Waals surface area contributed by atoms with Crippen LogP contribution in [0.4, 0.5) is 0 Å². The Morgan fingerprint density at radius 1 is 0.760 bits per heavy atom. The Labute approximate surface area is 293 Å². The molecule has 14 nitrogen and oxygen atoms in total. The second-order valence-corrected chi connectivity index (χ2v) is 14.3. The van der Waals surface area contributed by atoms with Crippen LogP contribution in [0.5, 0.6) is 0 Å². The van der Waals surface area contributed by atoms with E-state index in [-0.39, 0.29) is 18.1 Å². The topological polar surface area (TPSA) is 184 Å². The first-order valence-corrected chi connectivity index (χ1v) is 16.5. The van der Waals surface area contributed by atoms with Gasteiger partial charge >= 0.3 is 35.8 Å². The summed E-state index contributed by atoms with van der Waals surface area (Å²) in [7, 11) is 0. The highest BCUT2D eigenvalue weighted by Crippen LogP contribution is 2.54. The molecule has 2 aliphatic rings. The molecule has 0 bridgehead atoms. The van der Waals surface area contributed by atoms with Crippen LogP contribution in [0.2, 0.25) is 0 Å². The number of esters is 6. The number of carbonyl (C=O) groups is 7. The number of allylic oxidation sites excluding steroid dienone is 1. The van der Waals surface area contributed by atoms with Gasteiger partial charge in [0.15, 0.2) is 29.2 Å². The third-order valence-electron chi connectivity index (χ3n) is 8.61. The predicted octanol–water partition coefficient (Wildman–Crippen LogP) is 3.76. The van der Waals surface area contributed by atoms with Gasteiger partial charge in [0.05, 0.1) is 5.92 Å². The summed E-state index contributed by atoms with van der Waals surface area (Å²) in [5.41, 5.74) is -5.36. The molecule has 0 radical (unpaired) electrons. The van der Waals surface area contributed by atoms with E-state index in [4.69, 9.17) is 33.2 Å². The van der Waals surface area contributed by atoms with Crippen molar-refractivity contribution in [3.8, 4) is 0 Å². The Balaban J connectivity index is 3.25. The maximum absolute atomic E-state index is 14.9. The van der Waals surface area contributed by atoms with Crippen molar-refractivity contribution in [2.24, 2.45) is 23.2 Å². The first kappa shape index (κ1) is 42.1. The van der Waals surface area contributed by atoms with Gasteiger partial charge in [-0.1, -0.05) is 53.3 Å². The van der Waals surface area contributed by atoms with E-state index in [0.717, 1.165) is 34.6 Å². The number of hydrogen-bond acceptors (Lipinski definition) is 14. The SMILES string of the molecule is C=C1[C@@H](OCC(C)C)[C@H](OC(C)=O)[C@H](OC(C)=O)C(C)(C)/C=C/[C@H](C)C(=O)[C@]2(OC(C)=O)C[C@](C)(OC(C)=O)[C@@H](OC(C)=O)[C@H]2[C@@H]1OC(C)=O. The third kappa shape index (κ3) is 9.79. The van der Waals surface area contributed by atoms with Crippen molar-refractivity contribution in [3.05, 3.63) is 24.3 Å². The van der Waals surface area contributed by atoms with Gasteiger partial charge in [0, 0.05) is 65.9 Å². The molecule has 0 saturated heterocycles. The summed E-state index contributed by atoms with van der Waals surface area (Å²) in [6.07, 6.45) is -4.76. The zero-order chi connectivity index (χ0) is 38.5. The van der Waals surface area contributed by atoms with Crippen LogP contribution in [-0.4, -0.2) is 89.9 Å². The van der Waals surface area contributed by atoms with E-state index in [1.165, 1.54) is 26.8 Å². The molecular weight excluding hydrogens is 656 g/mol. The van der Waals surface area contributed by atoms with Crippen LogP contribution in [0.1, 0.15) is 89.5 Å². The maximum atomic E-state index is 14.9. The Morgan fingerprint density at radius 3 is 1.72 bits per heavy atom. The van der Waals surface area contributed by atoms with Crippen LogP contribution in [0.15, 0.2) is 24.3 Å². The van der Waals surface area contributed by atoms with E-state index in [9.17, 15) is 33.6 Å². The lowest BCUT2D eigenvalue weighted by molar-refractivity contribution is -0.195. The fraction of sp³-hybridized carbons (Fsp3) is 0.694. The molecule has 0 N–H and O–H groups in total. The highest BCUT2D eigenvalue weighted by Gasteiger charge is 2.72. The van der Waals surface area contributed by atoms with Crippen LogP contribution in [0.25, 0.3) is 0 Å². The van der Waals surface area contributed by atoms with Crippen molar-refractivity contribution in [2.75, 3.05) is 6.61 Å².